The highest BCUT2D eigenvalue weighted by atomic mass is 16.8. The van der Waals surface area contributed by atoms with Gasteiger partial charge < -0.3 is 23.7 Å². The zero-order valence-electron chi connectivity index (χ0n) is 15.1. The Labute approximate surface area is 149 Å². The number of fused-ring (bicyclic) bond motifs is 1. The summed E-state index contributed by atoms with van der Waals surface area (Å²) in [6, 6.07) is 7.78. The Kier molecular flexibility index (Phi) is 5.02. The van der Waals surface area contributed by atoms with Gasteiger partial charge in [0.25, 0.3) is 0 Å². The minimum Gasteiger partial charge on any atom is -0.497 e. The van der Waals surface area contributed by atoms with E-state index in [1.165, 1.54) is 0 Å². The molecule has 0 amide bonds. The molecular formula is C20H26O5. The molecule has 5 heteroatoms. The van der Waals surface area contributed by atoms with Gasteiger partial charge in [0.05, 0.1) is 13.7 Å². The molecular weight excluding hydrogens is 320 g/mol. The molecule has 0 aromatic heterocycles. The molecule has 0 N–H and O–H groups in total. The number of ether oxygens (including phenoxy) is 5. The minimum absolute atomic E-state index is 0.338. The Morgan fingerprint density at radius 3 is 2.48 bits per heavy atom. The molecule has 0 bridgehead atoms. The Hall–Kier alpha value is -1.66. The van der Waals surface area contributed by atoms with Crippen LogP contribution in [0.4, 0.5) is 0 Å². The van der Waals surface area contributed by atoms with Crippen molar-refractivity contribution in [2.75, 3.05) is 7.11 Å². The van der Waals surface area contributed by atoms with Crippen LogP contribution >= 0.6 is 0 Å². The van der Waals surface area contributed by atoms with E-state index < -0.39 is 17.7 Å². The van der Waals surface area contributed by atoms with Gasteiger partial charge >= 0.3 is 0 Å². The molecule has 0 unspecified atom stereocenters. The smallest absolute Gasteiger partial charge is 0.190 e. The zero-order chi connectivity index (χ0) is 18.1. The fraction of sp³-hybridized carbons (Fsp3) is 0.500. The van der Waals surface area contributed by atoms with Crippen molar-refractivity contribution in [3.05, 3.63) is 55.1 Å². The lowest BCUT2D eigenvalue weighted by Gasteiger charge is -2.36. The average molecular weight is 346 g/mol. The van der Waals surface area contributed by atoms with Gasteiger partial charge in [-0.25, -0.2) is 0 Å². The predicted octanol–water partition coefficient (Wildman–Crippen LogP) is 3.59. The molecule has 2 heterocycles. The van der Waals surface area contributed by atoms with Crippen LogP contribution in [0.15, 0.2) is 49.6 Å². The van der Waals surface area contributed by atoms with E-state index in [2.05, 4.69) is 13.2 Å². The van der Waals surface area contributed by atoms with Gasteiger partial charge in [0.1, 0.15) is 23.6 Å². The molecule has 3 rings (SSSR count). The van der Waals surface area contributed by atoms with Gasteiger partial charge in [0.2, 0.25) is 0 Å². The second-order valence-corrected chi connectivity index (χ2v) is 6.80. The first-order valence-corrected chi connectivity index (χ1v) is 8.45. The summed E-state index contributed by atoms with van der Waals surface area (Å²) in [6.07, 6.45) is 2.98. The van der Waals surface area contributed by atoms with Crippen LogP contribution in [0, 0.1) is 0 Å². The average Bonchev–Trinajstić information content (AvgIpc) is 3.05. The van der Waals surface area contributed by atoms with Crippen LogP contribution in [0.25, 0.3) is 0 Å². The summed E-state index contributed by atoms with van der Waals surface area (Å²) in [7, 11) is 1.65. The summed E-state index contributed by atoms with van der Waals surface area (Å²) in [6.45, 7) is 11.9. The van der Waals surface area contributed by atoms with Gasteiger partial charge in [-0.05, 0) is 38.0 Å². The van der Waals surface area contributed by atoms with Crippen molar-refractivity contribution in [3.63, 3.8) is 0 Å². The lowest BCUT2D eigenvalue weighted by molar-refractivity contribution is -0.231. The van der Waals surface area contributed by atoms with Crippen LogP contribution in [0.5, 0.6) is 5.75 Å². The van der Waals surface area contributed by atoms with E-state index in [1.807, 2.05) is 44.2 Å². The second kappa shape index (κ2) is 6.92. The number of benzene rings is 1. The molecule has 2 fully saturated rings. The maximum atomic E-state index is 6.39. The quantitative estimate of drug-likeness (QED) is 0.706. The van der Waals surface area contributed by atoms with Crippen LogP contribution in [0.2, 0.25) is 0 Å². The van der Waals surface area contributed by atoms with E-state index in [9.17, 15) is 0 Å². The lowest BCUT2D eigenvalue weighted by atomic mass is 9.88. The van der Waals surface area contributed by atoms with Gasteiger partial charge in [-0.1, -0.05) is 24.3 Å². The first-order valence-electron chi connectivity index (χ1n) is 8.45. The van der Waals surface area contributed by atoms with Crippen molar-refractivity contribution >= 4 is 0 Å². The van der Waals surface area contributed by atoms with Crippen molar-refractivity contribution in [3.8, 4) is 5.75 Å². The number of hydrogen-bond donors (Lipinski definition) is 0. The van der Waals surface area contributed by atoms with Crippen molar-refractivity contribution in [2.24, 2.45) is 0 Å². The summed E-state index contributed by atoms with van der Waals surface area (Å²) in [5.41, 5.74) is 0.315. The van der Waals surface area contributed by atoms with Crippen molar-refractivity contribution in [1.82, 2.24) is 0 Å². The normalized spacial score (nSPS) is 33.0. The Morgan fingerprint density at radius 2 is 1.88 bits per heavy atom. The van der Waals surface area contributed by atoms with E-state index >= 15 is 0 Å². The van der Waals surface area contributed by atoms with Crippen LogP contribution < -0.4 is 4.74 Å². The van der Waals surface area contributed by atoms with Crippen LogP contribution in [0.1, 0.15) is 25.8 Å². The summed E-state index contributed by atoms with van der Waals surface area (Å²) in [5.74, 6) is 0.101. The molecule has 1 aromatic rings. The first-order chi connectivity index (χ1) is 11.9. The van der Waals surface area contributed by atoms with E-state index in [0.29, 0.717) is 13.0 Å². The van der Waals surface area contributed by atoms with Gasteiger partial charge in [0.15, 0.2) is 12.1 Å². The number of rotatable bonds is 7. The van der Waals surface area contributed by atoms with Gasteiger partial charge in [0, 0.05) is 0 Å². The molecule has 2 aliphatic rings. The van der Waals surface area contributed by atoms with Gasteiger partial charge in [-0.3, -0.25) is 0 Å². The molecule has 4 atom stereocenters. The third kappa shape index (κ3) is 3.37. The van der Waals surface area contributed by atoms with Gasteiger partial charge in [-0.15, -0.1) is 13.2 Å². The standard InChI is InChI=1S/C20H26O5/c1-6-12-20(22-13-14-8-10-15(21-5)11-9-14)16(7-2)23-18-17(20)24-19(3,4)25-18/h6-11,16-18H,1-2,12-13H2,3-5H3/t16-,17+,18-,20-/m1/s1. The first kappa shape index (κ1) is 18.1. The predicted molar refractivity (Wildman–Crippen MR) is 94.2 cm³/mol. The molecule has 0 radical (unpaired) electrons. The molecule has 2 saturated heterocycles. The summed E-state index contributed by atoms with van der Waals surface area (Å²) < 4.78 is 29.6. The van der Waals surface area contributed by atoms with Crippen molar-refractivity contribution in [1.29, 1.82) is 0 Å². The zero-order valence-corrected chi connectivity index (χ0v) is 15.1. The largest absolute Gasteiger partial charge is 0.497 e. The third-order valence-electron chi connectivity index (χ3n) is 4.65. The molecule has 1 aromatic carbocycles. The van der Waals surface area contributed by atoms with Crippen molar-refractivity contribution in [2.45, 2.75) is 56.8 Å². The van der Waals surface area contributed by atoms with E-state index in [-0.39, 0.29) is 12.2 Å². The summed E-state index contributed by atoms with van der Waals surface area (Å²) >= 11 is 0. The fourth-order valence-corrected chi connectivity index (χ4v) is 3.46. The van der Waals surface area contributed by atoms with E-state index in [4.69, 9.17) is 23.7 Å². The Balaban J connectivity index is 1.83. The topological polar surface area (TPSA) is 46.2 Å². The number of methoxy groups -OCH3 is 1. The molecule has 136 valence electrons. The van der Waals surface area contributed by atoms with Crippen LogP contribution in [-0.4, -0.2) is 37.0 Å². The maximum absolute atomic E-state index is 6.39. The van der Waals surface area contributed by atoms with E-state index in [0.717, 1.165) is 11.3 Å². The molecule has 5 nitrogen and oxygen atoms in total. The molecule has 0 saturated carbocycles. The minimum atomic E-state index is -0.720. The molecule has 0 spiro atoms. The van der Waals surface area contributed by atoms with Crippen molar-refractivity contribution < 1.29 is 23.7 Å². The highest BCUT2D eigenvalue weighted by molar-refractivity contribution is 5.27. The molecule has 2 aliphatic heterocycles. The van der Waals surface area contributed by atoms with E-state index in [1.54, 1.807) is 13.2 Å². The SMILES string of the molecule is C=CC[C@@]1(OCc2ccc(OC)cc2)[C@@H](C=C)O[C@@H]2OC(C)(C)O[C@@H]21. The van der Waals surface area contributed by atoms with Crippen LogP contribution in [-0.2, 0) is 25.6 Å². The van der Waals surface area contributed by atoms with Crippen LogP contribution in [0.3, 0.4) is 0 Å². The monoisotopic (exact) mass is 346 g/mol. The van der Waals surface area contributed by atoms with Gasteiger partial charge in [-0.2, -0.15) is 0 Å². The maximum Gasteiger partial charge on any atom is 0.190 e. The molecule has 0 aliphatic carbocycles. The second-order valence-electron chi connectivity index (χ2n) is 6.80. The summed E-state index contributed by atoms with van der Waals surface area (Å²) in [4.78, 5) is 0. The summed E-state index contributed by atoms with van der Waals surface area (Å²) in [5, 5.41) is 0. The fourth-order valence-electron chi connectivity index (χ4n) is 3.46. The lowest BCUT2D eigenvalue weighted by Crippen LogP contribution is -2.50. The molecule has 25 heavy (non-hydrogen) atoms. The Bertz CT molecular complexity index is 623. The highest BCUT2D eigenvalue weighted by Gasteiger charge is 2.63. The number of hydrogen-bond acceptors (Lipinski definition) is 5. The Morgan fingerprint density at radius 1 is 1.16 bits per heavy atom. The highest BCUT2D eigenvalue weighted by Crippen LogP contribution is 2.47. The third-order valence-corrected chi connectivity index (χ3v) is 4.65.